The molecule has 0 bridgehead atoms. The molecule has 1 atom stereocenters. The molecule has 3 N–H and O–H groups in total. The minimum Gasteiger partial charge on any atom is -0.468 e. The zero-order chi connectivity index (χ0) is 19.2. The molecule has 0 aliphatic carbocycles. The van der Waals surface area contributed by atoms with Crippen LogP contribution in [0.4, 0.5) is 9.18 Å². The number of nitrogens with one attached hydrogen (secondary N) is 3. The molecule has 2 amide bonds. The Balaban J connectivity index is 1.50. The molecule has 1 unspecified atom stereocenters. The van der Waals surface area contributed by atoms with Crippen LogP contribution in [-0.4, -0.2) is 46.8 Å². The van der Waals surface area contributed by atoms with E-state index >= 15 is 0 Å². The van der Waals surface area contributed by atoms with Crippen LogP contribution in [0.2, 0.25) is 0 Å². The van der Waals surface area contributed by atoms with Gasteiger partial charge < -0.3 is 15.1 Å². The number of urea groups is 1. The first kappa shape index (κ1) is 18.6. The third-order valence-corrected chi connectivity index (χ3v) is 4.00. The summed E-state index contributed by atoms with van der Waals surface area (Å²) in [6, 6.07) is 9.17. The molecule has 142 valence electrons. The average molecular weight is 372 g/mol. The maximum Gasteiger partial charge on any atom is 0.315 e. The van der Waals surface area contributed by atoms with Crippen LogP contribution in [0.25, 0.3) is 11.4 Å². The molecule has 8 nitrogen and oxygen atoms in total. The van der Waals surface area contributed by atoms with Gasteiger partial charge in [0.15, 0.2) is 5.82 Å². The second-order valence-electron chi connectivity index (χ2n) is 6.17. The molecule has 3 rings (SSSR count). The summed E-state index contributed by atoms with van der Waals surface area (Å²) in [5, 5.41) is 12.4. The number of likely N-dealkylation sites (N-methyl/N-ethyl adjacent to an activating group) is 1. The number of hydrogen-bond acceptors (Lipinski definition) is 5. The Morgan fingerprint density at radius 3 is 2.70 bits per heavy atom. The van der Waals surface area contributed by atoms with Gasteiger partial charge in [-0.15, -0.1) is 0 Å². The van der Waals surface area contributed by atoms with Gasteiger partial charge in [0, 0.05) is 12.1 Å². The topological polar surface area (TPSA) is 99.1 Å². The van der Waals surface area contributed by atoms with E-state index in [0.717, 1.165) is 5.76 Å². The first-order valence-electron chi connectivity index (χ1n) is 8.41. The van der Waals surface area contributed by atoms with Crippen molar-refractivity contribution in [2.45, 2.75) is 12.6 Å². The monoisotopic (exact) mass is 372 g/mol. The van der Waals surface area contributed by atoms with Crippen molar-refractivity contribution in [3.05, 3.63) is 60.1 Å². The van der Waals surface area contributed by atoms with Crippen molar-refractivity contribution in [2.75, 3.05) is 20.6 Å². The number of halogens is 1. The molecule has 0 saturated carbocycles. The maximum atomic E-state index is 13.0. The Kier molecular flexibility index (Phi) is 5.82. The Labute approximate surface area is 155 Å². The van der Waals surface area contributed by atoms with Gasteiger partial charge in [0.25, 0.3) is 0 Å². The lowest BCUT2D eigenvalue weighted by Crippen LogP contribution is -2.40. The van der Waals surface area contributed by atoms with Crippen LogP contribution in [-0.2, 0) is 6.54 Å². The van der Waals surface area contributed by atoms with E-state index in [1.54, 1.807) is 18.4 Å². The van der Waals surface area contributed by atoms with Gasteiger partial charge in [-0.1, -0.05) is 0 Å². The van der Waals surface area contributed by atoms with E-state index in [0.29, 0.717) is 23.8 Å². The lowest BCUT2D eigenvalue weighted by atomic mass is 10.2. The fourth-order valence-electron chi connectivity index (χ4n) is 2.54. The highest BCUT2D eigenvalue weighted by Gasteiger charge is 2.17. The van der Waals surface area contributed by atoms with Crippen molar-refractivity contribution >= 4 is 6.03 Å². The van der Waals surface area contributed by atoms with E-state index in [-0.39, 0.29) is 24.4 Å². The van der Waals surface area contributed by atoms with Crippen LogP contribution in [0.5, 0.6) is 0 Å². The second-order valence-corrected chi connectivity index (χ2v) is 6.17. The van der Waals surface area contributed by atoms with Crippen molar-refractivity contribution in [1.29, 1.82) is 0 Å². The van der Waals surface area contributed by atoms with Gasteiger partial charge in [0.2, 0.25) is 0 Å². The summed E-state index contributed by atoms with van der Waals surface area (Å²) in [5.41, 5.74) is 0.690. The fraction of sp³-hybridized carbons (Fsp3) is 0.278. The second kappa shape index (κ2) is 8.45. The van der Waals surface area contributed by atoms with Gasteiger partial charge in [0.05, 0.1) is 18.8 Å². The number of aromatic nitrogens is 3. The standard InChI is InChI=1S/C18H21FN6O2/c1-25(2)14(15-4-3-9-27-15)10-20-18(26)21-11-16-22-17(24-23-16)12-5-7-13(19)8-6-12/h3-9,14H,10-11H2,1-2H3,(H2,20,21,26)(H,22,23,24). The number of carbonyl (C=O) groups excluding carboxylic acids is 1. The van der Waals surface area contributed by atoms with Crippen molar-refractivity contribution in [3.8, 4) is 11.4 Å². The first-order chi connectivity index (χ1) is 13.0. The van der Waals surface area contributed by atoms with E-state index in [9.17, 15) is 9.18 Å². The molecule has 0 spiro atoms. The SMILES string of the molecule is CN(C)C(CNC(=O)NCc1nc(-c2ccc(F)cc2)n[nH]1)c1ccco1. The van der Waals surface area contributed by atoms with Crippen LogP contribution >= 0.6 is 0 Å². The Bertz CT molecular complexity index is 860. The third-order valence-electron chi connectivity index (χ3n) is 4.00. The van der Waals surface area contributed by atoms with E-state index in [1.165, 1.54) is 12.1 Å². The lowest BCUT2D eigenvalue weighted by molar-refractivity contribution is 0.225. The van der Waals surface area contributed by atoms with Crippen LogP contribution in [0, 0.1) is 5.82 Å². The van der Waals surface area contributed by atoms with Gasteiger partial charge in [-0.3, -0.25) is 10.00 Å². The van der Waals surface area contributed by atoms with Gasteiger partial charge >= 0.3 is 6.03 Å². The van der Waals surface area contributed by atoms with Gasteiger partial charge in [0.1, 0.15) is 17.4 Å². The molecule has 0 aliphatic rings. The number of benzene rings is 1. The van der Waals surface area contributed by atoms with Crippen LogP contribution < -0.4 is 10.6 Å². The molecular formula is C18H21FN6O2. The molecule has 2 heterocycles. The van der Waals surface area contributed by atoms with E-state index < -0.39 is 0 Å². The molecule has 0 fully saturated rings. The number of aromatic amines is 1. The van der Waals surface area contributed by atoms with E-state index in [2.05, 4.69) is 25.8 Å². The normalized spacial score (nSPS) is 12.1. The molecule has 0 aliphatic heterocycles. The van der Waals surface area contributed by atoms with Gasteiger partial charge in [-0.2, -0.15) is 5.10 Å². The fourth-order valence-corrected chi connectivity index (χ4v) is 2.54. The zero-order valence-electron chi connectivity index (χ0n) is 15.1. The molecule has 1 aromatic carbocycles. The highest BCUT2D eigenvalue weighted by Crippen LogP contribution is 2.17. The highest BCUT2D eigenvalue weighted by atomic mass is 19.1. The maximum absolute atomic E-state index is 13.0. The summed E-state index contributed by atoms with van der Waals surface area (Å²) < 4.78 is 18.4. The summed E-state index contributed by atoms with van der Waals surface area (Å²) in [5.74, 6) is 1.40. The van der Waals surface area contributed by atoms with Crippen LogP contribution in [0.1, 0.15) is 17.6 Å². The average Bonchev–Trinajstić information content (AvgIpc) is 3.33. The molecule has 0 saturated heterocycles. The van der Waals surface area contributed by atoms with E-state index in [4.69, 9.17) is 4.42 Å². The van der Waals surface area contributed by atoms with Crippen molar-refractivity contribution in [1.82, 2.24) is 30.7 Å². The molecule has 3 aromatic rings. The number of furan rings is 1. The van der Waals surface area contributed by atoms with Gasteiger partial charge in [-0.05, 0) is 50.5 Å². The molecule has 0 radical (unpaired) electrons. The molecular weight excluding hydrogens is 351 g/mol. The minimum absolute atomic E-state index is 0.0684. The number of hydrogen-bond donors (Lipinski definition) is 3. The van der Waals surface area contributed by atoms with Gasteiger partial charge in [-0.25, -0.2) is 14.2 Å². The predicted molar refractivity (Wildman–Crippen MR) is 97.2 cm³/mol. The Morgan fingerprint density at radius 2 is 2.04 bits per heavy atom. The number of carbonyl (C=O) groups is 1. The smallest absolute Gasteiger partial charge is 0.315 e. The predicted octanol–water partition coefficient (Wildman–Crippen LogP) is 2.31. The van der Waals surface area contributed by atoms with Crippen LogP contribution in [0.15, 0.2) is 47.1 Å². The third kappa shape index (κ3) is 4.91. The minimum atomic E-state index is -0.326. The molecule has 2 aromatic heterocycles. The summed E-state index contributed by atoms with van der Waals surface area (Å²) in [4.78, 5) is 18.3. The number of H-pyrrole nitrogens is 1. The van der Waals surface area contributed by atoms with Crippen molar-refractivity contribution in [2.24, 2.45) is 0 Å². The quantitative estimate of drug-likeness (QED) is 0.591. The summed E-state index contributed by atoms with van der Waals surface area (Å²) in [6.45, 7) is 0.580. The van der Waals surface area contributed by atoms with E-state index in [1.807, 2.05) is 31.1 Å². The van der Waals surface area contributed by atoms with Crippen molar-refractivity contribution in [3.63, 3.8) is 0 Å². The largest absolute Gasteiger partial charge is 0.468 e. The highest BCUT2D eigenvalue weighted by molar-refractivity contribution is 5.73. The number of amides is 2. The van der Waals surface area contributed by atoms with Crippen LogP contribution in [0.3, 0.4) is 0 Å². The number of rotatable bonds is 7. The Morgan fingerprint density at radius 1 is 1.26 bits per heavy atom. The van der Waals surface area contributed by atoms with Crippen molar-refractivity contribution < 1.29 is 13.6 Å². The lowest BCUT2D eigenvalue weighted by Gasteiger charge is -2.22. The summed E-state index contributed by atoms with van der Waals surface area (Å²) in [7, 11) is 3.83. The zero-order valence-corrected chi connectivity index (χ0v) is 15.1. The Hall–Kier alpha value is -3.20. The number of nitrogens with zero attached hydrogens (tertiary/aromatic N) is 3. The molecule has 27 heavy (non-hydrogen) atoms. The molecule has 9 heteroatoms. The summed E-state index contributed by atoms with van der Waals surface area (Å²) >= 11 is 0. The summed E-state index contributed by atoms with van der Waals surface area (Å²) in [6.07, 6.45) is 1.61. The first-order valence-corrected chi connectivity index (χ1v) is 8.41.